The number of carbonyl (C=O) groups is 2. The lowest BCUT2D eigenvalue weighted by atomic mass is 9.82. The van der Waals surface area contributed by atoms with Crippen LogP contribution in [0.3, 0.4) is 0 Å². The number of aromatic amines is 1. The molecule has 2 fully saturated rings. The van der Waals surface area contributed by atoms with Crippen molar-refractivity contribution in [2.45, 2.75) is 38.7 Å². The minimum absolute atomic E-state index is 0.00659. The Bertz CT molecular complexity index is 1020. The summed E-state index contributed by atoms with van der Waals surface area (Å²) in [4.78, 5) is 34.6. The Morgan fingerprint density at radius 1 is 1.12 bits per heavy atom. The van der Waals surface area contributed by atoms with Crippen LogP contribution in [0.4, 0.5) is 5.69 Å². The van der Waals surface area contributed by atoms with Gasteiger partial charge in [-0.1, -0.05) is 6.42 Å². The molecule has 0 aromatic carbocycles. The molecule has 1 spiro atoms. The van der Waals surface area contributed by atoms with Gasteiger partial charge < -0.3 is 19.9 Å². The number of H-pyrrole nitrogens is 1. The Kier molecular flexibility index (Phi) is 5.58. The number of nitrogens with one attached hydrogen (secondary N) is 2. The zero-order valence-corrected chi connectivity index (χ0v) is 18.5. The maximum absolute atomic E-state index is 13.4. The van der Waals surface area contributed by atoms with E-state index in [1.54, 1.807) is 12.4 Å². The fourth-order valence-electron chi connectivity index (χ4n) is 5.30. The Morgan fingerprint density at radius 2 is 1.97 bits per heavy atom. The number of rotatable bonds is 3. The van der Waals surface area contributed by atoms with Crippen molar-refractivity contribution in [1.29, 1.82) is 0 Å². The lowest BCUT2D eigenvalue weighted by molar-refractivity contribution is 0.0653. The van der Waals surface area contributed by atoms with E-state index in [-0.39, 0.29) is 17.2 Å². The monoisotopic (exact) mass is 438 g/mol. The van der Waals surface area contributed by atoms with Crippen LogP contribution in [0, 0.1) is 5.41 Å². The molecule has 9 heteroatoms. The van der Waals surface area contributed by atoms with Crippen molar-refractivity contribution in [3.8, 4) is 0 Å². The van der Waals surface area contributed by atoms with Crippen LogP contribution in [0.2, 0.25) is 0 Å². The van der Waals surface area contributed by atoms with Crippen molar-refractivity contribution in [2.24, 2.45) is 5.41 Å². The fraction of sp³-hybridized carbons (Fsp3) is 0.565. The van der Waals surface area contributed by atoms with Gasteiger partial charge in [0.05, 0.1) is 24.5 Å². The van der Waals surface area contributed by atoms with Crippen molar-refractivity contribution < 1.29 is 14.3 Å². The summed E-state index contributed by atoms with van der Waals surface area (Å²) in [5.74, 6) is -0.0166. The Morgan fingerprint density at radius 3 is 2.81 bits per heavy atom. The first-order chi connectivity index (χ1) is 15.6. The molecule has 2 aromatic rings. The van der Waals surface area contributed by atoms with E-state index in [2.05, 4.69) is 20.5 Å². The number of likely N-dealkylation sites (tertiary alicyclic amines) is 2. The zero-order chi connectivity index (χ0) is 22.1. The molecule has 2 amide bonds. The second-order valence-corrected chi connectivity index (χ2v) is 9.20. The summed E-state index contributed by atoms with van der Waals surface area (Å²) in [5.41, 5.74) is 3.76. The molecule has 5 rings (SSSR count). The average molecular weight is 439 g/mol. The number of fused-ring (bicyclic) bond motifs is 1. The number of carbonyl (C=O) groups excluding carboxylic acids is 2. The van der Waals surface area contributed by atoms with Crippen LogP contribution < -0.4 is 5.32 Å². The molecule has 170 valence electrons. The van der Waals surface area contributed by atoms with Crippen molar-refractivity contribution in [2.75, 3.05) is 45.2 Å². The SMILES string of the molecule is CNc1cncc(C(=O)N2CCC3(CCCCN(C(=O)c4n[nH]c5c4COCC5)C3)C2)c1. The lowest BCUT2D eigenvalue weighted by Gasteiger charge is -2.32. The van der Waals surface area contributed by atoms with Gasteiger partial charge in [-0.2, -0.15) is 5.10 Å². The number of pyridine rings is 1. The maximum atomic E-state index is 13.4. The van der Waals surface area contributed by atoms with E-state index in [1.165, 1.54) is 0 Å². The number of anilines is 1. The summed E-state index contributed by atoms with van der Waals surface area (Å²) in [6.07, 6.45) is 8.06. The molecule has 32 heavy (non-hydrogen) atoms. The van der Waals surface area contributed by atoms with Crippen LogP contribution in [0.1, 0.15) is 57.8 Å². The molecule has 0 bridgehead atoms. The molecule has 0 radical (unpaired) electrons. The van der Waals surface area contributed by atoms with E-state index in [0.717, 1.165) is 55.6 Å². The topological polar surface area (TPSA) is 103 Å². The van der Waals surface area contributed by atoms with Crippen molar-refractivity contribution in [3.05, 3.63) is 41.0 Å². The molecular weight excluding hydrogens is 408 g/mol. The molecule has 0 saturated carbocycles. The molecule has 2 aromatic heterocycles. The largest absolute Gasteiger partial charge is 0.387 e. The first-order valence-electron chi connectivity index (χ1n) is 11.4. The number of amides is 2. The Hall–Kier alpha value is -2.94. The van der Waals surface area contributed by atoms with E-state index in [4.69, 9.17) is 4.74 Å². The van der Waals surface area contributed by atoms with E-state index in [0.29, 0.717) is 44.1 Å². The van der Waals surface area contributed by atoms with Crippen LogP contribution in [0.15, 0.2) is 18.5 Å². The van der Waals surface area contributed by atoms with E-state index < -0.39 is 0 Å². The Labute approximate surface area is 187 Å². The molecule has 3 aliphatic heterocycles. The number of aromatic nitrogens is 3. The number of nitrogens with zero attached hydrogens (tertiary/aromatic N) is 4. The maximum Gasteiger partial charge on any atom is 0.274 e. The zero-order valence-electron chi connectivity index (χ0n) is 18.5. The first kappa shape index (κ1) is 20.9. The van der Waals surface area contributed by atoms with Gasteiger partial charge in [0.25, 0.3) is 11.8 Å². The predicted octanol–water partition coefficient (Wildman–Crippen LogP) is 2.08. The van der Waals surface area contributed by atoms with Gasteiger partial charge in [0.2, 0.25) is 0 Å². The molecule has 1 atom stereocenters. The third-order valence-corrected chi connectivity index (χ3v) is 7.10. The van der Waals surface area contributed by atoms with Gasteiger partial charge in [-0.25, -0.2) is 0 Å². The normalized spacial score (nSPS) is 23.2. The average Bonchev–Trinajstić information content (AvgIpc) is 3.38. The summed E-state index contributed by atoms with van der Waals surface area (Å²) >= 11 is 0. The minimum atomic E-state index is -0.0667. The third kappa shape index (κ3) is 3.85. The summed E-state index contributed by atoms with van der Waals surface area (Å²) in [6.45, 7) is 3.86. The van der Waals surface area contributed by atoms with Gasteiger partial charge in [-0.15, -0.1) is 0 Å². The second kappa shape index (κ2) is 8.54. The van der Waals surface area contributed by atoms with E-state index >= 15 is 0 Å². The highest BCUT2D eigenvalue weighted by Crippen LogP contribution is 2.39. The highest BCUT2D eigenvalue weighted by molar-refractivity contribution is 5.95. The first-order valence-corrected chi connectivity index (χ1v) is 11.4. The van der Waals surface area contributed by atoms with Crippen LogP contribution in [-0.4, -0.2) is 76.6 Å². The summed E-state index contributed by atoms with van der Waals surface area (Å²) < 4.78 is 5.56. The number of hydrogen-bond donors (Lipinski definition) is 2. The Balaban J connectivity index is 1.32. The van der Waals surface area contributed by atoms with E-state index in [9.17, 15) is 9.59 Å². The molecule has 1 unspecified atom stereocenters. The number of hydrogen-bond acceptors (Lipinski definition) is 6. The van der Waals surface area contributed by atoms with Crippen molar-refractivity contribution in [1.82, 2.24) is 25.0 Å². The highest BCUT2D eigenvalue weighted by Gasteiger charge is 2.43. The van der Waals surface area contributed by atoms with Gasteiger partial charge in [0.1, 0.15) is 0 Å². The number of ether oxygens (including phenoxy) is 1. The smallest absolute Gasteiger partial charge is 0.274 e. The van der Waals surface area contributed by atoms with Gasteiger partial charge in [0.15, 0.2) is 5.69 Å². The van der Waals surface area contributed by atoms with Crippen LogP contribution in [-0.2, 0) is 17.8 Å². The van der Waals surface area contributed by atoms with Gasteiger partial charge in [-0.05, 0) is 25.3 Å². The molecule has 2 N–H and O–H groups in total. The predicted molar refractivity (Wildman–Crippen MR) is 118 cm³/mol. The van der Waals surface area contributed by atoms with Gasteiger partial charge in [0, 0.05) is 68.7 Å². The van der Waals surface area contributed by atoms with Crippen LogP contribution >= 0.6 is 0 Å². The van der Waals surface area contributed by atoms with Gasteiger partial charge >= 0.3 is 0 Å². The van der Waals surface area contributed by atoms with Gasteiger partial charge in [-0.3, -0.25) is 19.7 Å². The highest BCUT2D eigenvalue weighted by atomic mass is 16.5. The summed E-state index contributed by atoms with van der Waals surface area (Å²) in [5, 5.41) is 10.4. The molecule has 0 aliphatic carbocycles. The standard InChI is InChI=1S/C23H30N6O3/c1-24-17-10-16(11-25-12-17)21(30)29-8-6-23(15-29)5-2-3-7-28(14-23)22(31)20-18-13-32-9-4-19(18)26-27-20/h10-12,24H,2-9,13-15H2,1H3,(H,26,27). The van der Waals surface area contributed by atoms with Crippen molar-refractivity contribution >= 4 is 17.5 Å². The fourth-order valence-corrected chi connectivity index (χ4v) is 5.30. The second-order valence-electron chi connectivity index (χ2n) is 9.20. The molecule has 2 saturated heterocycles. The molecule has 5 heterocycles. The third-order valence-electron chi connectivity index (χ3n) is 7.10. The van der Waals surface area contributed by atoms with E-state index in [1.807, 2.05) is 22.9 Å². The lowest BCUT2D eigenvalue weighted by Crippen LogP contribution is -2.42. The molecular formula is C23H30N6O3. The quantitative estimate of drug-likeness (QED) is 0.761. The summed E-state index contributed by atoms with van der Waals surface area (Å²) in [6, 6.07) is 1.84. The summed E-state index contributed by atoms with van der Waals surface area (Å²) in [7, 11) is 1.82. The van der Waals surface area contributed by atoms with Crippen molar-refractivity contribution in [3.63, 3.8) is 0 Å². The van der Waals surface area contributed by atoms with Crippen LogP contribution in [0.25, 0.3) is 0 Å². The molecule has 3 aliphatic rings. The minimum Gasteiger partial charge on any atom is -0.387 e. The van der Waals surface area contributed by atoms with Crippen LogP contribution in [0.5, 0.6) is 0 Å². The molecule has 9 nitrogen and oxygen atoms in total.